The molecule has 0 atom stereocenters. The van der Waals surface area contributed by atoms with Crippen molar-refractivity contribution >= 4 is 50.5 Å². The minimum absolute atomic E-state index is 0. The van der Waals surface area contributed by atoms with Crippen molar-refractivity contribution in [1.29, 1.82) is 0 Å². The number of nitrogen functional groups attached to an aromatic ring is 2. The lowest BCUT2D eigenvalue weighted by atomic mass is 10.2. The van der Waals surface area contributed by atoms with Crippen LogP contribution in [0.1, 0.15) is 25.7 Å². The molecule has 0 aliphatic carbocycles. The van der Waals surface area contributed by atoms with Crippen molar-refractivity contribution in [2.45, 2.75) is 25.7 Å². The first-order valence-corrected chi connectivity index (χ1v) is 6.54. The van der Waals surface area contributed by atoms with E-state index in [4.69, 9.17) is 11.5 Å². The van der Waals surface area contributed by atoms with Gasteiger partial charge in [0.2, 0.25) is 5.95 Å². The zero-order valence-electron chi connectivity index (χ0n) is 9.66. The number of hydrogen-bond acceptors (Lipinski definition) is 5. The number of aromatic nitrogens is 2. The SMILES string of the molecule is Br.Nc1cc(NCCCCCCBr)nc(N)n1. The summed E-state index contributed by atoms with van der Waals surface area (Å²) in [5, 5.41) is 4.26. The highest BCUT2D eigenvalue weighted by molar-refractivity contribution is 9.09. The fourth-order valence-electron chi connectivity index (χ4n) is 1.37. The Balaban J connectivity index is 0.00000256. The molecule has 0 unspecified atom stereocenters. The number of rotatable bonds is 7. The summed E-state index contributed by atoms with van der Waals surface area (Å²) in [5.74, 6) is 1.31. The highest BCUT2D eigenvalue weighted by atomic mass is 79.9. The molecule has 1 aromatic rings. The minimum Gasteiger partial charge on any atom is -0.383 e. The summed E-state index contributed by atoms with van der Waals surface area (Å²) in [7, 11) is 0. The minimum atomic E-state index is 0. The first-order chi connectivity index (χ1) is 7.72. The van der Waals surface area contributed by atoms with Crippen molar-refractivity contribution in [2.24, 2.45) is 0 Å². The molecule has 0 saturated heterocycles. The van der Waals surface area contributed by atoms with E-state index in [1.54, 1.807) is 6.07 Å². The normalized spacial score (nSPS) is 9.71. The van der Waals surface area contributed by atoms with Gasteiger partial charge < -0.3 is 16.8 Å². The van der Waals surface area contributed by atoms with E-state index in [0.717, 1.165) is 18.3 Å². The quantitative estimate of drug-likeness (QED) is 0.508. The van der Waals surface area contributed by atoms with Gasteiger partial charge in [-0.15, -0.1) is 17.0 Å². The number of nitrogens with one attached hydrogen (secondary N) is 1. The van der Waals surface area contributed by atoms with Crippen LogP contribution in [0.5, 0.6) is 0 Å². The lowest BCUT2D eigenvalue weighted by Crippen LogP contribution is -2.07. The lowest BCUT2D eigenvalue weighted by molar-refractivity contribution is 0.689. The van der Waals surface area contributed by atoms with E-state index in [-0.39, 0.29) is 22.9 Å². The van der Waals surface area contributed by atoms with Gasteiger partial charge in [0, 0.05) is 17.9 Å². The molecule has 0 bridgehead atoms. The van der Waals surface area contributed by atoms with Crippen molar-refractivity contribution in [3.8, 4) is 0 Å². The molecule has 0 aliphatic heterocycles. The fraction of sp³-hybridized carbons (Fsp3) is 0.600. The van der Waals surface area contributed by atoms with Crippen LogP contribution in [0.3, 0.4) is 0 Å². The summed E-state index contributed by atoms with van der Waals surface area (Å²) in [6, 6.07) is 1.69. The maximum absolute atomic E-state index is 5.55. The van der Waals surface area contributed by atoms with Gasteiger partial charge in [0.25, 0.3) is 0 Å². The highest BCUT2D eigenvalue weighted by Crippen LogP contribution is 2.09. The predicted molar refractivity (Wildman–Crippen MR) is 81.9 cm³/mol. The molecule has 1 rings (SSSR count). The van der Waals surface area contributed by atoms with Crippen molar-refractivity contribution < 1.29 is 0 Å². The Bertz CT molecular complexity index is 301. The van der Waals surface area contributed by atoms with E-state index in [1.807, 2.05) is 0 Å². The van der Waals surface area contributed by atoms with Crippen LogP contribution >= 0.6 is 32.9 Å². The van der Waals surface area contributed by atoms with Crippen LogP contribution in [0.15, 0.2) is 6.07 Å². The molecule has 0 radical (unpaired) electrons. The number of unbranched alkanes of at least 4 members (excludes halogenated alkanes) is 3. The summed E-state index contributed by atoms with van der Waals surface area (Å²) in [6.07, 6.45) is 4.82. The van der Waals surface area contributed by atoms with Gasteiger partial charge in [0.15, 0.2) is 0 Å². The van der Waals surface area contributed by atoms with Crippen molar-refractivity contribution in [3.63, 3.8) is 0 Å². The molecule has 0 spiro atoms. The second-order valence-corrected chi connectivity index (χ2v) is 4.36. The van der Waals surface area contributed by atoms with Gasteiger partial charge in [-0.1, -0.05) is 28.8 Å². The molecule has 0 aromatic carbocycles. The Labute approximate surface area is 121 Å². The highest BCUT2D eigenvalue weighted by Gasteiger charge is 1.98. The Morgan fingerprint density at radius 1 is 1.12 bits per heavy atom. The molecule has 0 fully saturated rings. The van der Waals surface area contributed by atoms with Crippen LogP contribution in [0.2, 0.25) is 0 Å². The number of alkyl halides is 1. The summed E-state index contributed by atoms with van der Waals surface area (Å²) in [4.78, 5) is 7.84. The van der Waals surface area contributed by atoms with E-state index in [0.29, 0.717) is 11.6 Å². The number of anilines is 3. The van der Waals surface area contributed by atoms with E-state index >= 15 is 0 Å². The van der Waals surface area contributed by atoms with Crippen molar-refractivity contribution in [1.82, 2.24) is 9.97 Å². The molecule has 17 heavy (non-hydrogen) atoms. The monoisotopic (exact) mass is 367 g/mol. The third-order valence-corrected chi connectivity index (χ3v) is 2.69. The first kappa shape index (κ1) is 16.4. The lowest BCUT2D eigenvalue weighted by Gasteiger charge is -2.06. The number of nitrogens with two attached hydrogens (primary N) is 2. The standard InChI is InChI=1S/C10H18BrN5.BrH/c11-5-3-1-2-4-6-14-9-7-8(12)15-10(13)16-9;/h7H,1-6H2,(H5,12,13,14,15,16);1H. The molecule has 0 amide bonds. The summed E-state index contributed by atoms with van der Waals surface area (Å²) < 4.78 is 0. The Morgan fingerprint density at radius 3 is 2.47 bits per heavy atom. The van der Waals surface area contributed by atoms with Gasteiger partial charge in [0.1, 0.15) is 11.6 Å². The average Bonchev–Trinajstić information content (AvgIpc) is 2.22. The molecular formula is C10H19Br2N5. The van der Waals surface area contributed by atoms with Crippen LogP contribution in [-0.2, 0) is 0 Å². The maximum Gasteiger partial charge on any atom is 0.223 e. The summed E-state index contributed by atoms with van der Waals surface area (Å²) in [6.45, 7) is 0.887. The number of nitrogens with zero attached hydrogens (tertiary/aromatic N) is 2. The van der Waals surface area contributed by atoms with Gasteiger partial charge in [0.05, 0.1) is 0 Å². The van der Waals surface area contributed by atoms with Gasteiger partial charge in [-0.05, 0) is 12.8 Å². The second kappa shape index (κ2) is 9.47. The summed E-state index contributed by atoms with van der Waals surface area (Å²) in [5.41, 5.74) is 11.0. The van der Waals surface area contributed by atoms with E-state index in [1.165, 1.54) is 19.3 Å². The Hall–Kier alpha value is -0.560. The molecule has 1 aromatic heterocycles. The first-order valence-electron chi connectivity index (χ1n) is 5.42. The second-order valence-electron chi connectivity index (χ2n) is 3.57. The van der Waals surface area contributed by atoms with Crippen molar-refractivity contribution in [2.75, 3.05) is 28.7 Å². The van der Waals surface area contributed by atoms with E-state index in [2.05, 4.69) is 31.2 Å². The molecule has 7 heteroatoms. The van der Waals surface area contributed by atoms with E-state index < -0.39 is 0 Å². The Morgan fingerprint density at radius 2 is 1.82 bits per heavy atom. The zero-order valence-corrected chi connectivity index (χ0v) is 13.0. The molecule has 5 nitrogen and oxygen atoms in total. The van der Waals surface area contributed by atoms with Crippen LogP contribution in [0, 0.1) is 0 Å². The third kappa shape index (κ3) is 7.38. The maximum atomic E-state index is 5.55. The van der Waals surface area contributed by atoms with E-state index in [9.17, 15) is 0 Å². The largest absolute Gasteiger partial charge is 0.383 e. The van der Waals surface area contributed by atoms with Crippen LogP contribution in [0.25, 0.3) is 0 Å². The zero-order chi connectivity index (χ0) is 11.8. The molecule has 5 N–H and O–H groups in total. The van der Waals surface area contributed by atoms with Crippen LogP contribution in [0.4, 0.5) is 17.6 Å². The molecule has 0 aliphatic rings. The van der Waals surface area contributed by atoms with Gasteiger partial charge in [-0.25, -0.2) is 0 Å². The topological polar surface area (TPSA) is 89.8 Å². The van der Waals surface area contributed by atoms with Gasteiger partial charge >= 0.3 is 0 Å². The average molecular weight is 369 g/mol. The van der Waals surface area contributed by atoms with Crippen molar-refractivity contribution in [3.05, 3.63) is 6.07 Å². The third-order valence-electron chi connectivity index (χ3n) is 2.13. The summed E-state index contributed by atoms with van der Waals surface area (Å²) >= 11 is 3.41. The molecular weight excluding hydrogens is 350 g/mol. The van der Waals surface area contributed by atoms with Crippen LogP contribution in [-0.4, -0.2) is 21.8 Å². The van der Waals surface area contributed by atoms with Gasteiger partial charge in [-0.3, -0.25) is 0 Å². The number of hydrogen-bond donors (Lipinski definition) is 3. The molecule has 1 heterocycles. The smallest absolute Gasteiger partial charge is 0.223 e. The predicted octanol–water partition coefficient (Wildman–Crippen LogP) is 2.59. The molecule has 0 saturated carbocycles. The van der Waals surface area contributed by atoms with Crippen LogP contribution < -0.4 is 16.8 Å². The Kier molecular flexibility index (Phi) is 9.16. The fourth-order valence-corrected chi connectivity index (χ4v) is 1.76. The van der Waals surface area contributed by atoms with Gasteiger partial charge in [-0.2, -0.15) is 9.97 Å². The molecule has 98 valence electrons. The number of halogens is 2.